The highest BCUT2D eigenvalue weighted by molar-refractivity contribution is 8.23. The summed E-state index contributed by atoms with van der Waals surface area (Å²) < 4.78 is 2.53. The van der Waals surface area contributed by atoms with E-state index in [1.807, 2.05) is 16.7 Å². The third-order valence-corrected chi connectivity index (χ3v) is 5.57. The monoisotopic (exact) mass is 324 g/mol. The van der Waals surface area contributed by atoms with Crippen LogP contribution in [0.4, 0.5) is 0 Å². The van der Waals surface area contributed by atoms with Gasteiger partial charge in [0.15, 0.2) is 0 Å². The molecule has 0 aliphatic carbocycles. The van der Waals surface area contributed by atoms with Crippen LogP contribution in [0, 0.1) is 5.92 Å². The smallest absolute Gasteiger partial charge is 0.313 e. The van der Waals surface area contributed by atoms with Crippen molar-refractivity contribution in [3.05, 3.63) is 34.2 Å². The number of carboxylic acid groups (broad SMARTS) is 1. The van der Waals surface area contributed by atoms with Crippen molar-refractivity contribution in [2.24, 2.45) is 5.92 Å². The summed E-state index contributed by atoms with van der Waals surface area (Å²) in [6.45, 7) is 2.31. The molecule has 0 aromatic carbocycles. The highest BCUT2D eigenvalue weighted by atomic mass is 32.2. The van der Waals surface area contributed by atoms with Crippen LogP contribution >= 0.6 is 24.0 Å². The maximum Gasteiger partial charge on any atom is 0.313 e. The van der Waals surface area contributed by atoms with E-state index < -0.39 is 5.97 Å². The van der Waals surface area contributed by atoms with E-state index in [1.54, 1.807) is 6.07 Å². The van der Waals surface area contributed by atoms with Crippen LogP contribution in [0.2, 0.25) is 0 Å². The molecule has 1 saturated heterocycles. The van der Waals surface area contributed by atoms with E-state index in [4.69, 9.17) is 17.3 Å². The van der Waals surface area contributed by atoms with Crippen molar-refractivity contribution in [3.8, 4) is 0 Å². The first-order valence-corrected chi connectivity index (χ1v) is 8.27. The van der Waals surface area contributed by atoms with Gasteiger partial charge in [-0.1, -0.05) is 30.0 Å². The Morgan fingerprint density at radius 2 is 2.19 bits per heavy atom. The number of carbonyl (C=O) groups is 1. The number of thiocarbonyl (C=S) groups is 1. The van der Waals surface area contributed by atoms with E-state index in [2.05, 4.69) is 4.90 Å². The average Bonchev–Trinajstić information content (AvgIpc) is 2.45. The summed E-state index contributed by atoms with van der Waals surface area (Å²) in [5.74, 6) is -0.147. The number of aliphatic carboxylic acids is 1. The Balaban J connectivity index is 1.77. The lowest BCUT2D eigenvalue weighted by Gasteiger charge is -2.43. The molecule has 7 heteroatoms. The fraction of sp³-hybridized carbons (Fsp3) is 0.500. The Hall–Kier alpha value is -1.34. The van der Waals surface area contributed by atoms with Gasteiger partial charge in [0, 0.05) is 37.3 Å². The maximum absolute atomic E-state index is 11.9. The number of hydrogen-bond acceptors (Lipinski definition) is 4. The minimum atomic E-state index is -0.851. The highest BCUT2D eigenvalue weighted by Gasteiger charge is 2.35. The summed E-state index contributed by atoms with van der Waals surface area (Å²) in [4.78, 5) is 24.7. The molecule has 2 aliphatic heterocycles. The molecule has 2 bridgehead atoms. The number of thioether (sulfide) groups is 1. The zero-order valence-electron chi connectivity index (χ0n) is 11.4. The fourth-order valence-electron chi connectivity index (χ4n) is 3.26. The van der Waals surface area contributed by atoms with Crippen molar-refractivity contribution in [3.63, 3.8) is 0 Å². The highest BCUT2D eigenvalue weighted by Crippen LogP contribution is 2.35. The van der Waals surface area contributed by atoms with Crippen molar-refractivity contribution >= 4 is 34.3 Å². The topological polar surface area (TPSA) is 62.5 Å². The molecule has 1 aromatic heterocycles. The molecule has 1 aromatic rings. The Bertz CT molecular complexity index is 643. The number of rotatable bonds is 2. The van der Waals surface area contributed by atoms with Crippen LogP contribution in [0.25, 0.3) is 0 Å². The van der Waals surface area contributed by atoms with Crippen molar-refractivity contribution in [2.45, 2.75) is 18.9 Å². The molecule has 21 heavy (non-hydrogen) atoms. The number of carboxylic acids is 1. The van der Waals surface area contributed by atoms with E-state index in [0.717, 1.165) is 31.7 Å². The predicted molar refractivity (Wildman–Crippen MR) is 85.8 cm³/mol. The summed E-state index contributed by atoms with van der Waals surface area (Å²) in [6.07, 6.45) is 1.08. The van der Waals surface area contributed by atoms with Crippen molar-refractivity contribution < 1.29 is 9.90 Å². The first-order valence-electron chi connectivity index (χ1n) is 6.88. The van der Waals surface area contributed by atoms with Crippen LogP contribution in [-0.2, 0) is 11.3 Å². The summed E-state index contributed by atoms with van der Waals surface area (Å²) in [6, 6.07) is 5.43. The third kappa shape index (κ3) is 2.98. The van der Waals surface area contributed by atoms with Gasteiger partial charge in [-0.3, -0.25) is 9.59 Å². The van der Waals surface area contributed by atoms with Crippen LogP contribution in [-0.4, -0.2) is 43.7 Å². The number of fused-ring (bicyclic) bond motifs is 4. The first-order chi connectivity index (χ1) is 10.0. The largest absolute Gasteiger partial charge is 0.481 e. The van der Waals surface area contributed by atoms with Gasteiger partial charge in [0.25, 0.3) is 5.56 Å². The molecule has 1 fully saturated rings. The summed E-state index contributed by atoms with van der Waals surface area (Å²) in [7, 11) is 0. The van der Waals surface area contributed by atoms with Crippen LogP contribution in [0.3, 0.4) is 0 Å². The van der Waals surface area contributed by atoms with E-state index in [0.29, 0.717) is 16.2 Å². The zero-order valence-corrected chi connectivity index (χ0v) is 13.0. The van der Waals surface area contributed by atoms with Gasteiger partial charge in [-0.25, -0.2) is 0 Å². The maximum atomic E-state index is 11.9. The lowest BCUT2D eigenvalue weighted by molar-refractivity contribution is -0.133. The minimum absolute atomic E-state index is 0.000706. The van der Waals surface area contributed by atoms with Gasteiger partial charge < -0.3 is 14.6 Å². The predicted octanol–water partition coefficient (Wildman–Crippen LogP) is 1.37. The van der Waals surface area contributed by atoms with Crippen molar-refractivity contribution in [1.29, 1.82) is 0 Å². The first kappa shape index (κ1) is 14.6. The second kappa shape index (κ2) is 5.81. The molecule has 3 rings (SSSR count). The molecular weight excluding hydrogens is 308 g/mol. The summed E-state index contributed by atoms with van der Waals surface area (Å²) in [5, 5.41) is 8.75. The van der Waals surface area contributed by atoms with Gasteiger partial charge in [-0.15, -0.1) is 0 Å². The Morgan fingerprint density at radius 3 is 2.95 bits per heavy atom. The number of nitrogens with zero attached hydrogens (tertiary/aromatic N) is 2. The number of likely N-dealkylation sites (tertiary alicyclic amines) is 1. The summed E-state index contributed by atoms with van der Waals surface area (Å²) in [5.41, 5.74) is 1.15. The molecule has 0 spiro atoms. The lowest BCUT2D eigenvalue weighted by Crippen LogP contribution is -2.48. The van der Waals surface area contributed by atoms with Gasteiger partial charge in [0.2, 0.25) is 0 Å². The van der Waals surface area contributed by atoms with Crippen LogP contribution in [0.15, 0.2) is 23.0 Å². The van der Waals surface area contributed by atoms with Gasteiger partial charge >= 0.3 is 5.97 Å². The molecule has 0 amide bonds. The molecule has 112 valence electrons. The van der Waals surface area contributed by atoms with Gasteiger partial charge in [0.1, 0.15) is 4.32 Å². The number of hydrogen-bond donors (Lipinski definition) is 1. The average molecular weight is 324 g/mol. The van der Waals surface area contributed by atoms with E-state index >= 15 is 0 Å². The number of piperidine rings is 1. The minimum Gasteiger partial charge on any atom is -0.481 e. The summed E-state index contributed by atoms with van der Waals surface area (Å²) >= 11 is 6.56. The van der Waals surface area contributed by atoms with Crippen molar-refractivity contribution in [2.75, 3.05) is 18.8 Å². The Kier molecular flexibility index (Phi) is 4.03. The van der Waals surface area contributed by atoms with E-state index in [9.17, 15) is 9.59 Å². The van der Waals surface area contributed by atoms with Crippen LogP contribution in [0.5, 0.6) is 0 Å². The van der Waals surface area contributed by atoms with E-state index in [1.165, 1.54) is 11.8 Å². The standard InChI is InChI=1S/C14H16N2O3S2/c17-12-3-1-2-11-10-4-9(6-16(11)12)5-15(7-10)14(20)21-8-13(18)19/h1-3,9-10H,4-8H2,(H,18,19)/t9-,10-/m0/s1. The van der Waals surface area contributed by atoms with Gasteiger partial charge in [-0.2, -0.15) is 0 Å². The fourth-order valence-corrected chi connectivity index (χ4v) is 4.16. The molecule has 1 N–H and O–H groups in total. The molecule has 5 nitrogen and oxygen atoms in total. The normalized spacial score (nSPS) is 23.5. The van der Waals surface area contributed by atoms with Gasteiger partial charge in [-0.05, 0) is 18.4 Å². The quantitative estimate of drug-likeness (QED) is 0.829. The van der Waals surface area contributed by atoms with Crippen LogP contribution < -0.4 is 5.56 Å². The second-order valence-electron chi connectivity index (χ2n) is 5.55. The molecule has 0 unspecified atom stereocenters. The van der Waals surface area contributed by atoms with E-state index in [-0.39, 0.29) is 11.3 Å². The van der Waals surface area contributed by atoms with Crippen molar-refractivity contribution in [1.82, 2.24) is 9.47 Å². The SMILES string of the molecule is O=C(O)CSC(=S)N1C[C@@H]2C[C@@H](C1)c1cccc(=O)n1C2. The van der Waals surface area contributed by atoms with Gasteiger partial charge in [0.05, 0.1) is 5.75 Å². The second-order valence-corrected chi connectivity index (χ2v) is 7.16. The molecular formula is C14H16N2O3S2. The third-order valence-electron chi connectivity index (χ3n) is 4.06. The lowest BCUT2D eigenvalue weighted by atomic mass is 9.83. The Morgan fingerprint density at radius 1 is 1.38 bits per heavy atom. The number of pyridine rings is 1. The van der Waals surface area contributed by atoms with Crippen LogP contribution in [0.1, 0.15) is 18.0 Å². The molecule has 2 aliphatic rings. The molecule has 2 atom stereocenters. The number of aromatic nitrogens is 1. The molecule has 3 heterocycles. The molecule has 0 saturated carbocycles. The molecule has 0 radical (unpaired) electrons. The zero-order chi connectivity index (χ0) is 15.0. The Labute approximate surface area is 131 Å².